The number of imidazole rings is 1. The van der Waals surface area contributed by atoms with E-state index in [1.54, 1.807) is 29.4 Å². The molecule has 1 N–H and O–H groups in total. The van der Waals surface area contributed by atoms with Crippen LogP contribution in [0.25, 0.3) is 16.8 Å². The van der Waals surface area contributed by atoms with Crippen molar-refractivity contribution in [2.24, 2.45) is 7.05 Å². The molecule has 0 atom stereocenters. The van der Waals surface area contributed by atoms with Crippen molar-refractivity contribution in [1.29, 1.82) is 0 Å². The number of aromatic nitrogens is 7. The lowest BCUT2D eigenvalue weighted by Gasteiger charge is -2.28. The third kappa shape index (κ3) is 3.36. The summed E-state index contributed by atoms with van der Waals surface area (Å²) in [6.45, 7) is 3.86. The zero-order valence-corrected chi connectivity index (χ0v) is 18.2. The number of hydrogen-bond donors (Lipinski definition) is 1. The molecule has 1 saturated carbocycles. The van der Waals surface area contributed by atoms with Crippen molar-refractivity contribution in [1.82, 2.24) is 33.7 Å². The largest absolute Gasteiger partial charge is 0.381 e. The second-order valence-corrected chi connectivity index (χ2v) is 8.24. The number of nitrogens with zero attached hydrogens (tertiary/aromatic N) is 7. The van der Waals surface area contributed by atoms with Crippen molar-refractivity contribution in [3.8, 4) is 0 Å². The zero-order chi connectivity index (χ0) is 21.7. The van der Waals surface area contributed by atoms with E-state index < -0.39 is 0 Å². The summed E-state index contributed by atoms with van der Waals surface area (Å²) in [6, 6.07) is 2.08. The van der Waals surface area contributed by atoms with E-state index in [1.165, 1.54) is 0 Å². The topological polar surface area (TPSA) is 104 Å². The van der Waals surface area contributed by atoms with Crippen molar-refractivity contribution in [2.45, 2.75) is 51.7 Å². The van der Waals surface area contributed by atoms with Gasteiger partial charge in [0, 0.05) is 20.2 Å². The maximum absolute atomic E-state index is 13.0. The number of pyridine rings is 1. The fourth-order valence-corrected chi connectivity index (χ4v) is 4.45. The second-order valence-electron chi connectivity index (χ2n) is 8.24. The molecule has 0 aromatic carbocycles. The van der Waals surface area contributed by atoms with Crippen molar-refractivity contribution in [3.05, 3.63) is 40.3 Å². The quantitative estimate of drug-likeness (QED) is 0.539. The van der Waals surface area contributed by atoms with Crippen molar-refractivity contribution in [2.75, 3.05) is 12.4 Å². The molecule has 0 amide bonds. The molecular weight excluding hydrogens is 396 g/mol. The molecule has 5 rings (SSSR count). The Bertz CT molecular complexity index is 1330. The first-order chi connectivity index (χ1) is 14.9. The molecule has 0 saturated heterocycles. The normalized spacial score (nSPS) is 19.4. The molecule has 1 fully saturated rings. The minimum atomic E-state index is -0.0574. The van der Waals surface area contributed by atoms with Crippen molar-refractivity contribution in [3.63, 3.8) is 0 Å². The predicted octanol–water partition coefficient (Wildman–Crippen LogP) is 2.66. The van der Waals surface area contributed by atoms with Crippen LogP contribution in [0.1, 0.15) is 43.1 Å². The van der Waals surface area contributed by atoms with E-state index in [9.17, 15) is 4.79 Å². The van der Waals surface area contributed by atoms with Crippen LogP contribution in [0.5, 0.6) is 0 Å². The first-order valence-corrected chi connectivity index (χ1v) is 10.5. The summed E-state index contributed by atoms with van der Waals surface area (Å²) in [5.41, 5.74) is 3.96. The molecule has 1 aliphatic carbocycles. The van der Waals surface area contributed by atoms with E-state index >= 15 is 0 Å². The molecule has 0 spiro atoms. The molecule has 4 heterocycles. The summed E-state index contributed by atoms with van der Waals surface area (Å²) in [4.78, 5) is 26.6. The lowest BCUT2D eigenvalue weighted by molar-refractivity contribution is 0.0584. The van der Waals surface area contributed by atoms with Gasteiger partial charge in [0.2, 0.25) is 5.95 Å². The third-order valence-electron chi connectivity index (χ3n) is 6.21. The fourth-order valence-electron chi connectivity index (χ4n) is 4.45. The molecule has 0 bridgehead atoms. The lowest BCUT2D eigenvalue weighted by atomic mass is 9.93. The Morgan fingerprint density at radius 1 is 1.16 bits per heavy atom. The highest BCUT2D eigenvalue weighted by Crippen LogP contribution is 2.31. The molecule has 162 valence electrons. The highest BCUT2D eigenvalue weighted by molar-refractivity contribution is 5.73. The zero-order valence-electron chi connectivity index (χ0n) is 18.2. The Morgan fingerprint density at radius 2 is 1.94 bits per heavy atom. The summed E-state index contributed by atoms with van der Waals surface area (Å²) in [7, 11) is 3.52. The second kappa shape index (κ2) is 7.45. The standard InChI is InChI=1S/C21H26N8O2/c1-12-9-18-23-13(2)26-28(18)11-16(12)24-20-22-10-17-19(25-20)29(21(30)27(17)3)14-5-7-15(31-4)8-6-14/h9-11,14-15H,5-8H2,1-4H3,(H,22,24,25)/t14-,15+. The number of hydrogen-bond acceptors (Lipinski definition) is 7. The monoisotopic (exact) mass is 422 g/mol. The molecule has 31 heavy (non-hydrogen) atoms. The number of fused-ring (bicyclic) bond motifs is 2. The Hall–Kier alpha value is -3.27. The van der Waals surface area contributed by atoms with E-state index in [0.29, 0.717) is 17.4 Å². The summed E-state index contributed by atoms with van der Waals surface area (Å²) in [5, 5.41) is 7.66. The van der Waals surface area contributed by atoms with Crippen LogP contribution >= 0.6 is 0 Å². The van der Waals surface area contributed by atoms with Crippen LogP contribution in [0.2, 0.25) is 0 Å². The average molecular weight is 422 g/mol. The Morgan fingerprint density at radius 3 is 2.68 bits per heavy atom. The number of ether oxygens (including phenoxy) is 1. The van der Waals surface area contributed by atoms with Gasteiger partial charge in [-0.2, -0.15) is 10.1 Å². The lowest BCUT2D eigenvalue weighted by Crippen LogP contribution is -2.30. The Kier molecular flexibility index (Phi) is 4.73. The predicted molar refractivity (Wildman–Crippen MR) is 117 cm³/mol. The van der Waals surface area contributed by atoms with Gasteiger partial charge in [-0.1, -0.05) is 0 Å². The fraction of sp³-hybridized carbons (Fsp3) is 0.476. The van der Waals surface area contributed by atoms with Crippen LogP contribution < -0.4 is 11.0 Å². The maximum atomic E-state index is 13.0. The highest BCUT2D eigenvalue weighted by Gasteiger charge is 2.26. The van der Waals surface area contributed by atoms with Gasteiger partial charge in [-0.15, -0.1) is 0 Å². The first kappa shape index (κ1) is 19.7. The van der Waals surface area contributed by atoms with Gasteiger partial charge in [0.1, 0.15) is 11.3 Å². The molecule has 1 aliphatic rings. The minimum absolute atomic E-state index is 0.0574. The number of methoxy groups -OCH3 is 1. The van der Waals surface area contributed by atoms with Crippen molar-refractivity contribution >= 4 is 28.4 Å². The smallest absolute Gasteiger partial charge is 0.330 e. The average Bonchev–Trinajstić information content (AvgIpc) is 3.24. The van der Waals surface area contributed by atoms with Crippen molar-refractivity contribution < 1.29 is 4.74 Å². The van der Waals surface area contributed by atoms with Crippen LogP contribution in [-0.2, 0) is 11.8 Å². The molecule has 4 aromatic rings. The molecule has 0 radical (unpaired) electrons. The van der Waals surface area contributed by atoms with Crippen LogP contribution in [0.3, 0.4) is 0 Å². The van der Waals surface area contributed by atoms with Gasteiger partial charge in [0.15, 0.2) is 11.3 Å². The minimum Gasteiger partial charge on any atom is -0.381 e. The molecule has 4 aromatic heterocycles. The summed E-state index contributed by atoms with van der Waals surface area (Å²) < 4.78 is 10.7. The number of nitrogens with one attached hydrogen (secondary N) is 1. The number of anilines is 2. The van der Waals surface area contributed by atoms with E-state index in [2.05, 4.69) is 20.4 Å². The third-order valence-corrected chi connectivity index (χ3v) is 6.21. The summed E-state index contributed by atoms with van der Waals surface area (Å²) in [6.07, 6.45) is 7.52. The first-order valence-electron chi connectivity index (χ1n) is 10.5. The van der Waals surface area contributed by atoms with Crippen LogP contribution in [0.4, 0.5) is 11.6 Å². The number of aryl methyl sites for hydroxylation is 3. The van der Waals surface area contributed by atoms with E-state index in [0.717, 1.165) is 48.1 Å². The molecule has 0 aliphatic heterocycles. The van der Waals surface area contributed by atoms with Gasteiger partial charge in [0.25, 0.3) is 0 Å². The number of rotatable bonds is 4. The summed E-state index contributed by atoms with van der Waals surface area (Å²) in [5.74, 6) is 1.16. The SMILES string of the molecule is CO[C@H]1CC[C@@H](n2c(=O)n(C)c3cnc(Nc4cn5nc(C)nc5cc4C)nc32)CC1. The van der Waals surface area contributed by atoms with Gasteiger partial charge in [-0.25, -0.2) is 19.3 Å². The Labute approximate surface area is 178 Å². The van der Waals surface area contributed by atoms with Gasteiger partial charge >= 0.3 is 5.69 Å². The van der Waals surface area contributed by atoms with E-state index in [4.69, 9.17) is 9.72 Å². The van der Waals surface area contributed by atoms with Crippen LogP contribution in [-0.4, -0.2) is 46.9 Å². The van der Waals surface area contributed by atoms with E-state index in [-0.39, 0.29) is 17.8 Å². The van der Waals surface area contributed by atoms with E-state index in [1.807, 2.05) is 30.7 Å². The summed E-state index contributed by atoms with van der Waals surface area (Å²) >= 11 is 0. The van der Waals surface area contributed by atoms with Crippen LogP contribution in [0.15, 0.2) is 23.3 Å². The van der Waals surface area contributed by atoms with Crippen LogP contribution in [0, 0.1) is 13.8 Å². The van der Waals surface area contributed by atoms with Gasteiger partial charge in [-0.3, -0.25) is 9.13 Å². The molecule has 10 nitrogen and oxygen atoms in total. The maximum Gasteiger partial charge on any atom is 0.330 e. The van der Waals surface area contributed by atoms with Gasteiger partial charge < -0.3 is 10.1 Å². The van der Waals surface area contributed by atoms with Gasteiger partial charge in [-0.05, 0) is 51.2 Å². The molecule has 10 heteroatoms. The highest BCUT2D eigenvalue weighted by atomic mass is 16.5. The molecular formula is C21H26N8O2. The molecule has 0 unspecified atom stereocenters. The van der Waals surface area contributed by atoms with Gasteiger partial charge in [0.05, 0.1) is 24.2 Å². The Balaban J connectivity index is 1.53.